The lowest BCUT2D eigenvalue weighted by molar-refractivity contribution is -0.125. The van der Waals surface area contributed by atoms with Crippen molar-refractivity contribution in [2.45, 2.75) is 52.6 Å². The number of carbonyl (C=O) groups is 3. The highest BCUT2D eigenvalue weighted by atomic mass is 16.5. The van der Waals surface area contributed by atoms with E-state index in [0.717, 1.165) is 12.8 Å². The zero-order chi connectivity index (χ0) is 22.3. The Hall–Kier alpha value is -2.77. The summed E-state index contributed by atoms with van der Waals surface area (Å²) in [5, 5.41) is 5.76. The van der Waals surface area contributed by atoms with E-state index in [1.807, 2.05) is 27.7 Å². The molecule has 1 saturated heterocycles. The van der Waals surface area contributed by atoms with Crippen molar-refractivity contribution in [3.63, 3.8) is 0 Å². The van der Waals surface area contributed by atoms with Crippen LogP contribution in [0.25, 0.3) is 0 Å². The quantitative estimate of drug-likeness (QED) is 0.672. The Labute approximate surface area is 178 Å². The summed E-state index contributed by atoms with van der Waals surface area (Å²) in [4.78, 5) is 38.5. The minimum atomic E-state index is -0.227. The Morgan fingerprint density at radius 3 is 2.53 bits per heavy atom. The van der Waals surface area contributed by atoms with Crippen LogP contribution in [-0.4, -0.2) is 61.5 Å². The van der Waals surface area contributed by atoms with Crippen molar-refractivity contribution in [2.75, 3.05) is 26.8 Å². The van der Waals surface area contributed by atoms with Gasteiger partial charge in [-0.15, -0.1) is 0 Å². The average molecular weight is 420 g/mol. The lowest BCUT2D eigenvalue weighted by atomic mass is 10.0. The van der Waals surface area contributed by atoms with Crippen molar-refractivity contribution in [1.82, 2.24) is 15.5 Å². The van der Waals surface area contributed by atoms with Gasteiger partial charge in [0.2, 0.25) is 5.91 Å². The summed E-state index contributed by atoms with van der Waals surface area (Å²) in [6.45, 7) is 8.44. The molecule has 8 nitrogen and oxygen atoms in total. The normalized spacial score (nSPS) is 16.4. The van der Waals surface area contributed by atoms with E-state index in [2.05, 4.69) is 10.6 Å². The number of hydrogen-bond acceptors (Lipinski definition) is 5. The van der Waals surface area contributed by atoms with Crippen LogP contribution in [0.4, 0.5) is 0 Å². The summed E-state index contributed by atoms with van der Waals surface area (Å²) in [7, 11) is 1.49. The predicted molar refractivity (Wildman–Crippen MR) is 114 cm³/mol. The van der Waals surface area contributed by atoms with Gasteiger partial charge in [0, 0.05) is 36.7 Å². The maximum atomic E-state index is 13.0. The molecular formula is C22H33N3O5. The molecule has 30 heavy (non-hydrogen) atoms. The van der Waals surface area contributed by atoms with Crippen molar-refractivity contribution in [3.8, 4) is 11.5 Å². The third-order valence-corrected chi connectivity index (χ3v) is 4.80. The molecule has 0 bridgehead atoms. The molecule has 2 rings (SSSR count). The van der Waals surface area contributed by atoms with E-state index in [-0.39, 0.29) is 42.3 Å². The van der Waals surface area contributed by atoms with Gasteiger partial charge >= 0.3 is 0 Å². The van der Waals surface area contributed by atoms with E-state index in [1.54, 1.807) is 23.1 Å². The standard InChI is InChI=1S/C22H33N3O5/c1-14(2)21(27)24-17-7-6-10-25(12-17)22(28)16-8-9-18(19(11-16)29-5)30-13-20(26)23-15(3)4/h8-9,11,14-15,17H,6-7,10,12-13H2,1-5H3,(H,23,26)(H,24,27). The number of rotatable bonds is 8. The third kappa shape index (κ3) is 6.64. The molecule has 0 aromatic heterocycles. The molecule has 1 atom stereocenters. The highest BCUT2D eigenvalue weighted by molar-refractivity contribution is 5.95. The molecule has 2 N–H and O–H groups in total. The highest BCUT2D eigenvalue weighted by Crippen LogP contribution is 2.29. The van der Waals surface area contributed by atoms with Crippen LogP contribution in [0.2, 0.25) is 0 Å². The second kappa shape index (κ2) is 10.8. The van der Waals surface area contributed by atoms with E-state index in [4.69, 9.17) is 9.47 Å². The Bertz CT molecular complexity index is 763. The first-order valence-corrected chi connectivity index (χ1v) is 10.4. The number of piperidine rings is 1. The largest absolute Gasteiger partial charge is 0.493 e. The number of nitrogens with zero attached hydrogens (tertiary/aromatic N) is 1. The number of likely N-dealkylation sites (tertiary alicyclic amines) is 1. The number of ether oxygens (including phenoxy) is 2. The first kappa shape index (κ1) is 23.5. The van der Waals surface area contributed by atoms with Gasteiger partial charge in [0.1, 0.15) is 0 Å². The molecular weight excluding hydrogens is 386 g/mol. The van der Waals surface area contributed by atoms with Crippen molar-refractivity contribution in [2.24, 2.45) is 5.92 Å². The molecule has 1 fully saturated rings. The van der Waals surface area contributed by atoms with E-state index in [9.17, 15) is 14.4 Å². The third-order valence-electron chi connectivity index (χ3n) is 4.80. The van der Waals surface area contributed by atoms with Crippen molar-refractivity contribution >= 4 is 17.7 Å². The van der Waals surface area contributed by atoms with Crippen LogP contribution in [0.3, 0.4) is 0 Å². The number of nitrogens with one attached hydrogen (secondary N) is 2. The monoisotopic (exact) mass is 419 g/mol. The molecule has 3 amide bonds. The SMILES string of the molecule is COc1cc(C(=O)N2CCCC(NC(=O)C(C)C)C2)ccc1OCC(=O)NC(C)C. The number of carbonyl (C=O) groups excluding carboxylic acids is 3. The van der Waals surface area contributed by atoms with Crippen molar-refractivity contribution in [1.29, 1.82) is 0 Å². The summed E-state index contributed by atoms with van der Waals surface area (Å²) in [6.07, 6.45) is 1.69. The molecule has 0 radical (unpaired) electrons. The second-order valence-electron chi connectivity index (χ2n) is 8.13. The van der Waals surface area contributed by atoms with Gasteiger partial charge in [0.25, 0.3) is 11.8 Å². The van der Waals surface area contributed by atoms with Gasteiger partial charge in [-0.25, -0.2) is 0 Å². The smallest absolute Gasteiger partial charge is 0.258 e. The number of benzene rings is 1. The van der Waals surface area contributed by atoms with Crippen LogP contribution < -0.4 is 20.1 Å². The first-order chi connectivity index (χ1) is 14.2. The molecule has 0 spiro atoms. The summed E-state index contributed by atoms with van der Waals surface area (Å²) in [5.74, 6) is 0.346. The van der Waals surface area contributed by atoms with Crippen LogP contribution in [-0.2, 0) is 9.59 Å². The van der Waals surface area contributed by atoms with Gasteiger partial charge in [-0.1, -0.05) is 13.8 Å². The van der Waals surface area contributed by atoms with Crippen LogP contribution in [0.5, 0.6) is 11.5 Å². The second-order valence-corrected chi connectivity index (χ2v) is 8.13. The summed E-state index contributed by atoms with van der Waals surface area (Å²) in [5.41, 5.74) is 0.474. The van der Waals surface area contributed by atoms with Gasteiger partial charge in [0.15, 0.2) is 18.1 Å². The number of methoxy groups -OCH3 is 1. The molecule has 0 aliphatic carbocycles. The molecule has 1 aliphatic rings. The zero-order valence-corrected chi connectivity index (χ0v) is 18.5. The van der Waals surface area contributed by atoms with Crippen LogP contribution in [0.1, 0.15) is 50.9 Å². The van der Waals surface area contributed by atoms with E-state index >= 15 is 0 Å². The minimum Gasteiger partial charge on any atom is -0.493 e. The van der Waals surface area contributed by atoms with Crippen LogP contribution in [0.15, 0.2) is 18.2 Å². The van der Waals surface area contributed by atoms with Crippen molar-refractivity contribution < 1.29 is 23.9 Å². The van der Waals surface area contributed by atoms with Gasteiger partial charge in [-0.2, -0.15) is 0 Å². The molecule has 0 saturated carbocycles. The Kier molecular flexibility index (Phi) is 8.50. The molecule has 1 aromatic rings. The maximum Gasteiger partial charge on any atom is 0.258 e. The molecule has 1 aliphatic heterocycles. The molecule has 1 unspecified atom stereocenters. The lowest BCUT2D eigenvalue weighted by Gasteiger charge is -2.33. The van der Waals surface area contributed by atoms with Crippen LogP contribution in [0, 0.1) is 5.92 Å². The van der Waals surface area contributed by atoms with E-state index in [0.29, 0.717) is 30.2 Å². The Morgan fingerprint density at radius 2 is 1.90 bits per heavy atom. The fourth-order valence-electron chi connectivity index (χ4n) is 3.26. The molecule has 8 heteroatoms. The molecule has 1 heterocycles. The minimum absolute atomic E-state index is 0.000950. The summed E-state index contributed by atoms with van der Waals surface area (Å²) < 4.78 is 10.9. The van der Waals surface area contributed by atoms with E-state index in [1.165, 1.54) is 7.11 Å². The van der Waals surface area contributed by atoms with Crippen LogP contribution >= 0.6 is 0 Å². The summed E-state index contributed by atoms with van der Waals surface area (Å²) in [6, 6.07) is 4.91. The first-order valence-electron chi connectivity index (χ1n) is 10.4. The Balaban J connectivity index is 2.03. The fourth-order valence-corrected chi connectivity index (χ4v) is 3.26. The maximum absolute atomic E-state index is 13.0. The van der Waals surface area contributed by atoms with Gasteiger partial charge in [-0.05, 0) is 44.9 Å². The summed E-state index contributed by atoms with van der Waals surface area (Å²) >= 11 is 0. The predicted octanol–water partition coefficient (Wildman–Crippen LogP) is 1.98. The molecule has 166 valence electrons. The van der Waals surface area contributed by atoms with Gasteiger partial charge in [-0.3, -0.25) is 14.4 Å². The lowest BCUT2D eigenvalue weighted by Crippen LogP contribution is -2.50. The average Bonchev–Trinajstić information content (AvgIpc) is 2.71. The number of hydrogen-bond donors (Lipinski definition) is 2. The van der Waals surface area contributed by atoms with Crippen molar-refractivity contribution in [3.05, 3.63) is 23.8 Å². The highest BCUT2D eigenvalue weighted by Gasteiger charge is 2.26. The number of amides is 3. The van der Waals surface area contributed by atoms with E-state index < -0.39 is 0 Å². The van der Waals surface area contributed by atoms with Gasteiger partial charge < -0.3 is 25.0 Å². The molecule has 1 aromatic carbocycles. The fraction of sp³-hybridized carbons (Fsp3) is 0.591. The Morgan fingerprint density at radius 1 is 1.17 bits per heavy atom. The topological polar surface area (TPSA) is 97.0 Å². The van der Waals surface area contributed by atoms with Gasteiger partial charge in [0.05, 0.1) is 7.11 Å². The zero-order valence-electron chi connectivity index (χ0n) is 18.5.